The van der Waals surface area contributed by atoms with Crippen LogP contribution in [-0.2, 0) is 16.1 Å². The second-order valence-corrected chi connectivity index (χ2v) is 7.21. The van der Waals surface area contributed by atoms with Gasteiger partial charge >= 0.3 is 12.1 Å². The highest BCUT2D eigenvalue weighted by atomic mass is 35.5. The number of halogens is 8. The summed E-state index contributed by atoms with van der Waals surface area (Å²) in [5, 5.41) is -1.41. The molecule has 1 aromatic rings. The molecule has 2 atom stereocenters. The summed E-state index contributed by atoms with van der Waals surface area (Å²) in [4.78, 5) is 12.1. The second kappa shape index (κ2) is 7.00. The van der Waals surface area contributed by atoms with Crippen LogP contribution in [0.1, 0.15) is 25.0 Å². The van der Waals surface area contributed by atoms with Crippen molar-refractivity contribution in [3.63, 3.8) is 0 Å². The summed E-state index contributed by atoms with van der Waals surface area (Å²) in [6.07, 6.45) is -4.11. The fraction of sp³-hybridized carbons (Fsp3) is 0.471. The zero-order valence-corrected chi connectivity index (χ0v) is 15.0. The third kappa shape index (κ3) is 3.93. The first-order valence-corrected chi connectivity index (χ1v) is 8.01. The standard InChI is InChI=1S/C17H14ClF7O2/c1-6-11(19)13(21)7(14(22)12(6)20)5-27-15(26)10-8(16(10,2)3)4-9(18)17(23,24)25/h4,8,10H,5H2,1-3H3/b9-4-/t8-,10?/m0/s1. The molecule has 0 saturated heterocycles. The molecule has 0 radical (unpaired) electrons. The van der Waals surface area contributed by atoms with E-state index in [1.807, 2.05) is 0 Å². The molecule has 0 spiro atoms. The maximum atomic E-state index is 13.8. The van der Waals surface area contributed by atoms with Crippen LogP contribution >= 0.6 is 11.6 Å². The quantitative estimate of drug-likeness (QED) is 0.364. The molecular formula is C17H14ClF7O2. The molecular weight excluding hydrogens is 405 g/mol. The molecule has 1 unspecified atom stereocenters. The van der Waals surface area contributed by atoms with Gasteiger partial charge in [-0.2, -0.15) is 13.2 Å². The number of hydrogen-bond acceptors (Lipinski definition) is 2. The summed E-state index contributed by atoms with van der Waals surface area (Å²) in [5.74, 6) is -9.68. The van der Waals surface area contributed by atoms with Gasteiger partial charge in [-0.3, -0.25) is 4.79 Å². The predicted molar refractivity (Wildman–Crippen MR) is 81.6 cm³/mol. The van der Waals surface area contributed by atoms with E-state index in [4.69, 9.17) is 16.3 Å². The monoisotopic (exact) mass is 418 g/mol. The van der Waals surface area contributed by atoms with E-state index in [9.17, 15) is 35.5 Å². The number of benzene rings is 1. The zero-order chi connectivity index (χ0) is 20.9. The Morgan fingerprint density at radius 3 is 2.04 bits per heavy atom. The first-order chi connectivity index (χ1) is 12.2. The van der Waals surface area contributed by atoms with Crippen LogP contribution in [0, 0.1) is 47.4 Å². The molecule has 1 aliphatic carbocycles. The molecule has 0 aromatic heterocycles. The van der Waals surface area contributed by atoms with E-state index in [0.29, 0.717) is 6.08 Å². The van der Waals surface area contributed by atoms with Crippen LogP contribution in [0.2, 0.25) is 0 Å². The highest BCUT2D eigenvalue weighted by molar-refractivity contribution is 6.30. The molecule has 2 rings (SSSR count). The van der Waals surface area contributed by atoms with Crippen molar-refractivity contribution in [2.45, 2.75) is 33.6 Å². The number of rotatable bonds is 4. The fourth-order valence-electron chi connectivity index (χ4n) is 2.84. The fourth-order valence-corrected chi connectivity index (χ4v) is 2.97. The molecule has 2 nitrogen and oxygen atoms in total. The van der Waals surface area contributed by atoms with Gasteiger partial charge in [0.25, 0.3) is 0 Å². The number of hydrogen-bond donors (Lipinski definition) is 0. The van der Waals surface area contributed by atoms with Gasteiger partial charge in [-0.15, -0.1) is 0 Å². The normalized spacial score (nSPS) is 22.0. The maximum Gasteiger partial charge on any atom is 0.426 e. The van der Waals surface area contributed by atoms with E-state index in [1.165, 1.54) is 13.8 Å². The molecule has 0 N–H and O–H groups in total. The van der Waals surface area contributed by atoms with E-state index in [1.54, 1.807) is 0 Å². The van der Waals surface area contributed by atoms with Crippen molar-refractivity contribution in [3.8, 4) is 0 Å². The van der Waals surface area contributed by atoms with Gasteiger partial charge in [-0.05, 0) is 18.3 Å². The smallest absolute Gasteiger partial charge is 0.426 e. The lowest BCUT2D eigenvalue weighted by Crippen LogP contribution is -2.14. The van der Waals surface area contributed by atoms with Crippen molar-refractivity contribution >= 4 is 17.6 Å². The van der Waals surface area contributed by atoms with Crippen LogP contribution in [0.3, 0.4) is 0 Å². The number of allylic oxidation sites excluding steroid dienone is 2. The highest BCUT2D eigenvalue weighted by Gasteiger charge is 2.62. The Kier molecular flexibility index (Phi) is 5.58. The lowest BCUT2D eigenvalue weighted by molar-refractivity contribution is -0.147. The van der Waals surface area contributed by atoms with Gasteiger partial charge in [0.2, 0.25) is 0 Å². The van der Waals surface area contributed by atoms with E-state index in [-0.39, 0.29) is 0 Å². The van der Waals surface area contributed by atoms with Crippen LogP contribution in [0.15, 0.2) is 11.1 Å². The zero-order valence-electron chi connectivity index (χ0n) is 14.3. The SMILES string of the molecule is Cc1c(F)c(F)c(COC(=O)C2[C@H](/C=C(\Cl)C(F)(F)F)C2(C)C)c(F)c1F. The predicted octanol–water partition coefficient (Wildman–Crippen LogP) is 5.55. The number of esters is 1. The molecule has 1 fully saturated rings. The Balaban J connectivity index is 2.16. The van der Waals surface area contributed by atoms with Gasteiger partial charge in [0.05, 0.1) is 11.5 Å². The van der Waals surface area contributed by atoms with Gasteiger partial charge in [-0.1, -0.05) is 31.5 Å². The van der Waals surface area contributed by atoms with Crippen LogP contribution < -0.4 is 0 Å². The summed E-state index contributed by atoms with van der Waals surface area (Å²) in [6.45, 7) is 2.68. The molecule has 0 aliphatic heterocycles. The third-order valence-corrected chi connectivity index (χ3v) is 5.03. The Hall–Kier alpha value is -1.77. The van der Waals surface area contributed by atoms with E-state index in [0.717, 1.165) is 6.92 Å². The van der Waals surface area contributed by atoms with Gasteiger partial charge in [-0.25, -0.2) is 17.6 Å². The Morgan fingerprint density at radius 1 is 1.11 bits per heavy atom. The molecule has 1 aromatic carbocycles. The summed E-state index contributed by atoms with van der Waals surface area (Å²) in [5.41, 5.74) is -2.93. The number of carbonyl (C=O) groups is 1. The number of ether oxygens (including phenoxy) is 1. The van der Waals surface area contributed by atoms with Gasteiger partial charge in [0.1, 0.15) is 11.6 Å². The number of alkyl halides is 3. The van der Waals surface area contributed by atoms with Crippen molar-refractivity contribution in [2.24, 2.45) is 17.3 Å². The Labute approximate surface area is 154 Å². The van der Waals surface area contributed by atoms with Crippen molar-refractivity contribution < 1.29 is 40.3 Å². The average Bonchev–Trinajstić information content (AvgIpc) is 3.10. The third-order valence-electron chi connectivity index (χ3n) is 4.69. The van der Waals surface area contributed by atoms with Crippen LogP contribution in [0.4, 0.5) is 30.7 Å². The molecule has 1 saturated carbocycles. The Bertz CT molecular complexity index is 785. The number of carbonyl (C=O) groups excluding carboxylic acids is 1. The summed E-state index contributed by atoms with van der Waals surface area (Å²) in [6, 6.07) is 0. The van der Waals surface area contributed by atoms with E-state index in [2.05, 4.69) is 0 Å². The topological polar surface area (TPSA) is 26.3 Å². The van der Waals surface area contributed by atoms with E-state index < -0.39 is 75.4 Å². The molecule has 0 bridgehead atoms. The maximum absolute atomic E-state index is 13.8. The molecule has 10 heteroatoms. The van der Waals surface area contributed by atoms with Crippen molar-refractivity contribution in [3.05, 3.63) is 45.5 Å². The minimum Gasteiger partial charge on any atom is -0.460 e. The molecule has 27 heavy (non-hydrogen) atoms. The molecule has 1 aliphatic rings. The Morgan fingerprint density at radius 2 is 1.59 bits per heavy atom. The molecule has 150 valence electrons. The second-order valence-electron chi connectivity index (χ2n) is 6.80. The van der Waals surface area contributed by atoms with Crippen molar-refractivity contribution in [2.75, 3.05) is 0 Å². The minimum atomic E-state index is -4.78. The van der Waals surface area contributed by atoms with Crippen LogP contribution in [-0.4, -0.2) is 12.1 Å². The van der Waals surface area contributed by atoms with Gasteiger partial charge in [0, 0.05) is 5.56 Å². The first kappa shape index (κ1) is 21.5. The largest absolute Gasteiger partial charge is 0.460 e. The van der Waals surface area contributed by atoms with Crippen LogP contribution in [0.5, 0.6) is 0 Å². The molecule has 0 heterocycles. The summed E-state index contributed by atoms with van der Waals surface area (Å²) < 4.78 is 96.8. The summed E-state index contributed by atoms with van der Waals surface area (Å²) in [7, 11) is 0. The van der Waals surface area contributed by atoms with Crippen LogP contribution in [0.25, 0.3) is 0 Å². The molecule has 0 amide bonds. The lowest BCUT2D eigenvalue weighted by Gasteiger charge is -2.10. The average molecular weight is 419 g/mol. The van der Waals surface area contributed by atoms with Crippen molar-refractivity contribution in [1.29, 1.82) is 0 Å². The van der Waals surface area contributed by atoms with Gasteiger partial charge < -0.3 is 4.74 Å². The van der Waals surface area contributed by atoms with E-state index >= 15 is 0 Å². The lowest BCUT2D eigenvalue weighted by atomic mass is 10.1. The minimum absolute atomic E-state index is 0.667. The van der Waals surface area contributed by atoms with Crippen molar-refractivity contribution in [1.82, 2.24) is 0 Å². The highest BCUT2D eigenvalue weighted by Crippen LogP contribution is 2.60. The first-order valence-electron chi connectivity index (χ1n) is 7.63. The van der Waals surface area contributed by atoms with Gasteiger partial charge in [0.15, 0.2) is 23.3 Å². The summed E-state index contributed by atoms with van der Waals surface area (Å²) >= 11 is 5.15.